The summed E-state index contributed by atoms with van der Waals surface area (Å²) >= 11 is 0. The maximum atomic E-state index is 11.4. The van der Waals surface area contributed by atoms with Crippen LogP contribution in [0.3, 0.4) is 0 Å². The predicted octanol–water partition coefficient (Wildman–Crippen LogP) is 1.70. The molecule has 94 valence electrons. The predicted molar refractivity (Wildman–Crippen MR) is 68.8 cm³/mol. The molecule has 2 N–H and O–H groups in total. The maximum Gasteiger partial charge on any atom is 0.266 e. The van der Waals surface area contributed by atoms with Gasteiger partial charge in [-0.15, -0.1) is 0 Å². The largest absolute Gasteiger partial charge is 0.364 e. The second-order valence-electron chi connectivity index (χ2n) is 4.57. The summed E-state index contributed by atoms with van der Waals surface area (Å²) in [5.41, 5.74) is 7.19. The lowest BCUT2D eigenvalue weighted by atomic mass is 10.2. The van der Waals surface area contributed by atoms with Crippen molar-refractivity contribution in [2.75, 3.05) is 0 Å². The number of primary amides is 1. The molecular formula is C13H16N4O. The molecule has 0 spiro atoms. The Kier molecular flexibility index (Phi) is 3.41. The van der Waals surface area contributed by atoms with Gasteiger partial charge in [0.2, 0.25) is 0 Å². The van der Waals surface area contributed by atoms with E-state index in [2.05, 4.69) is 23.9 Å². The third-order valence-corrected chi connectivity index (χ3v) is 2.50. The number of nitrogens with two attached hydrogens (primary N) is 1. The van der Waals surface area contributed by atoms with Gasteiger partial charge >= 0.3 is 0 Å². The minimum Gasteiger partial charge on any atom is -0.364 e. The Balaban J connectivity index is 2.42. The maximum absolute atomic E-state index is 11.4. The normalized spacial score (nSPS) is 10.8. The molecule has 2 aromatic heterocycles. The molecule has 0 unspecified atom stereocenters. The first-order chi connectivity index (χ1) is 8.58. The van der Waals surface area contributed by atoms with Crippen molar-refractivity contribution >= 4 is 5.91 Å². The molecule has 5 nitrogen and oxygen atoms in total. The zero-order chi connectivity index (χ0) is 13.1. The van der Waals surface area contributed by atoms with Crippen molar-refractivity contribution in [3.63, 3.8) is 0 Å². The Labute approximate surface area is 106 Å². The number of rotatable bonds is 4. The van der Waals surface area contributed by atoms with Crippen molar-refractivity contribution in [2.24, 2.45) is 11.7 Å². The van der Waals surface area contributed by atoms with Crippen LogP contribution in [0.15, 0.2) is 30.5 Å². The standard InChI is InChI=1S/C13H16N4O/c1-9(2)8-17-12(13(14)18)7-11(16-17)10-5-3-4-6-15-10/h3-7,9H,8H2,1-2H3,(H2,14,18). The number of nitrogens with zero attached hydrogens (tertiary/aromatic N) is 3. The highest BCUT2D eigenvalue weighted by molar-refractivity contribution is 5.92. The Bertz CT molecular complexity index is 545. The molecule has 0 aliphatic carbocycles. The number of carbonyl (C=O) groups excluding carboxylic acids is 1. The molecule has 0 bridgehead atoms. The molecule has 2 aromatic rings. The van der Waals surface area contributed by atoms with E-state index in [1.807, 2.05) is 18.2 Å². The molecular weight excluding hydrogens is 228 g/mol. The highest BCUT2D eigenvalue weighted by Crippen LogP contribution is 2.17. The minimum atomic E-state index is -0.467. The van der Waals surface area contributed by atoms with E-state index in [-0.39, 0.29) is 0 Å². The van der Waals surface area contributed by atoms with Crippen molar-refractivity contribution in [3.05, 3.63) is 36.2 Å². The number of pyridine rings is 1. The molecule has 0 aliphatic heterocycles. The summed E-state index contributed by atoms with van der Waals surface area (Å²) in [7, 11) is 0. The van der Waals surface area contributed by atoms with Crippen molar-refractivity contribution in [1.82, 2.24) is 14.8 Å². The Morgan fingerprint density at radius 2 is 2.17 bits per heavy atom. The van der Waals surface area contributed by atoms with Crippen LogP contribution in [-0.2, 0) is 6.54 Å². The molecule has 18 heavy (non-hydrogen) atoms. The molecule has 0 saturated carbocycles. The van der Waals surface area contributed by atoms with Crippen molar-refractivity contribution in [3.8, 4) is 11.4 Å². The first-order valence-electron chi connectivity index (χ1n) is 5.87. The third kappa shape index (κ3) is 2.56. The summed E-state index contributed by atoms with van der Waals surface area (Å²) in [5, 5.41) is 4.40. The Morgan fingerprint density at radius 3 is 2.72 bits per heavy atom. The molecule has 0 radical (unpaired) electrons. The molecule has 0 atom stereocenters. The van der Waals surface area contributed by atoms with Crippen LogP contribution < -0.4 is 5.73 Å². The summed E-state index contributed by atoms with van der Waals surface area (Å²) in [6.07, 6.45) is 1.70. The zero-order valence-electron chi connectivity index (χ0n) is 10.5. The van der Waals surface area contributed by atoms with Crippen LogP contribution in [0.25, 0.3) is 11.4 Å². The molecule has 2 heterocycles. The van der Waals surface area contributed by atoms with Crippen molar-refractivity contribution in [1.29, 1.82) is 0 Å². The smallest absolute Gasteiger partial charge is 0.266 e. The van der Waals surface area contributed by atoms with E-state index in [1.54, 1.807) is 16.9 Å². The highest BCUT2D eigenvalue weighted by atomic mass is 16.1. The fourth-order valence-corrected chi connectivity index (χ4v) is 1.74. The van der Waals surface area contributed by atoms with Gasteiger partial charge in [-0.1, -0.05) is 19.9 Å². The van der Waals surface area contributed by atoms with E-state index in [0.717, 1.165) is 5.69 Å². The molecule has 0 aliphatic rings. The Morgan fingerprint density at radius 1 is 1.39 bits per heavy atom. The molecule has 0 fully saturated rings. The van der Waals surface area contributed by atoms with Gasteiger partial charge in [0.05, 0.1) is 5.69 Å². The summed E-state index contributed by atoms with van der Waals surface area (Å²) in [5.74, 6) is -0.0788. The number of aromatic nitrogens is 3. The lowest BCUT2D eigenvalue weighted by Gasteiger charge is -2.07. The SMILES string of the molecule is CC(C)Cn1nc(-c2ccccn2)cc1C(N)=O. The van der Waals surface area contributed by atoms with Gasteiger partial charge < -0.3 is 5.73 Å². The van der Waals surface area contributed by atoms with Gasteiger partial charge in [-0.3, -0.25) is 14.5 Å². The van der Waals surface area contributed by atoms with Crippen LogP contribution in [-0.4, -0.2) is 20.7 Å². The second-order valence-corrected chi connectivity index (χ2v) is 4.57. The first-order valence-corrected chi connectivity index (χ1v) is 5.87. The molecule has 2 rings (SSSR count). The number of carbonyl (C=O) groups is 1. The number of amides is 1. The van der Waals surface area contributed by atoms with E-state index < -0.39 is 5.91 Å². The van der Waals surface area contributed by atoms with Crippen LogP contribution in [0.4, 0.5) is 0 Å². The van der Waals surface area contributed by atoms with Crippen LogP contribution >= 0.6 is 0 Å². The van der Waals surface area contributed by atoms with Gasteiger partial charge in [0.15, 0.2) is 0 Å². The summed E-state index contributed by atoms with van der Waals surface area (Å²) < 4.78 is 1.65. The summed E-state index contributed by atoms with van der Waals surface area (Å²) in [6, 6.07) is 7.26. The quantitative estimate of drug-likeness (QED) is 0.889. The van der Waals surface area contributed by atoms with E-state index in [4.69, 9.17) is 5.73 Å². The van der Waals surface area contributed by atoms with Gasteiger partial charge in [0, 0.05) is 12.7 Å². The van der Waals surface area contributed by atoms with E-state index in [9.17, 15) is 4.79 Å². The van der Waals surface area contributed by atoms with Crippen LogP contribution in [0.1, 0.15) is 24.3 Å². The first kappa shape index (κ1) is 12.3. The van der Waals surface area contributed by atoms with Gasteiger partial charge in [-0.25, -0.2) is 0 Å². The summed E-state index contributed by atoms with van der Waals surface area (Å²) in [4.78, 5) is 15.6. The Hall–Kier alpha value is -2.17. The monoisotopic (exact) mass is 244 g/mol. The average Bonchev–Trinajstić information content (AvgIpc) is 2.73. The highest BCUT2D eigenvalue weighted by Gasteiger charge is 2.14. The minimum absolute atomic E-state index is 0.389. The van der Waals surface area contributed by atoms with Gasteiger partial charge in [0.25, 0.3) is 5.91 Å². The lowest BCUT2D eigenvalue weighted by molar-refractivity contribution is 0.0989. The fraction of sp³-hybridized carbons (Fsp3) is 0.308. The topological polar surface area (TPSA) is 73.8 Å². The third-order valence-electron chi connectivity index (χ3n) is 2.50. The van der Waals surface area contributed by atoms with Crippen molar-refractivity contribution in [2.45, 2.75) is 20.4 Å². The van der Waals surface area contributed by atoms with E-state index >= 15 is 0 Å². The zero-order valence-corrected chi connectivity index (χ0v) is 10.5. The van der Waals surface area contributed by atoms with E-state index in [1.165, 1.54) is 0 Å². The molecule has 5 heteroatoms. The lowest BCUT2D eigenvalue weighted by Crippen LogP contribution is -2.19. The molecule has 1 amide bonds. The van der Waals surface area contributed by atoms with Gasteiger partial charge in [0.1, 0.15) is 11.4 Å². The van der Waals surface area contributed by atoms with E-state index in [0.29, 0.717) is 23.9 Å². The van der Waals surface area contributed by atoms with Crippen LogP contribution in [0.5, 0.6) is 0 Å². The van der Waals surface area contributed by atoms with Crippen LogP contribution in [0.2, 0.25) is 0 Å². The average molecular weight is 244 g/mol. The van der Waals surface area contributed by atoms with Gasteiger partial charge in [-0.05, 0) is 24.1 Å². The second kappa shape index (κ2) is 5.00. The van der Waals surface area contributed by atoms with Crippen molar-refractivity contribution < 1.29 is 4.79 Å². The molecule has 0 saturated heterocycles. The number of hydrogen-bond acceptors (Lipinski definition) is 3. The number of hydrogen-bond donors (Lipinski definition) is 1. The summed E-state index contributed by atoms with van der Waals surface area (Å²) in [6.45, 7) is 4.78. The van der Waals surface area contributed by atoms with Gasteiger partial charge in [-0.2, -0.15) is 5.10 Å². The molecule has 0 aromatic carbocycles. The van der Waals surface area contributed by atoms with Crippen LogP contribution in [0, 0.1) is 5.92 Å². The fourth-order valence-electron chi connectivity index (χ4n) is 1.74.